The zero-order valence-electron chi connectivity index (χ0n) is 9.92. The van der Waals surface area contributed by atoms with Crippen LogP contribution in [-0.4, -0.2) is 10.2 Å². The highest BCUT2D eigenvalue weighted by molar-refractivity contribution is 8.00. The van der Waals surface area contributed by atoms with Crippen LogP contribution in [0.3, 0.4) is 0 Å². The number of aromatic nitrogens is 1. The highest BCUT2D eigenvalue weighted by Gasteiger charge is 2.28. The van der Waals surface area contributed by atoms with Crippen molar-refractivity contribution in [2.45, 2.75) is 23.2 Å². The third kappa shape index (κ3) is 2.04. The van der Waals surface area contributed by atoms with E-state index in [1.54, 1.807) is 18.0 Å². The molecule has 0 radical (unpaired) electrons. The van der Waals surface area contributed by atoms with E-state index in [1.165, 1.54) is 11.0 Å². The van der Waals surface area contributed by atoms with Gasteiger partial charge in [-0.3, -0.25) is 4.79 Å². The Morgan fingerprint density at radius 3 is 2.83 bits per heavy atom. The van der Waals surface area contributed by atoms with Crippen LogP contribution in [0.1, 0.15) is 18.6 Å². The van der Waals surface area contributed by atoms with E-state index >= 15 is 0 Å². The van der Waals surface area contributed by atoms with Crippen molar-refractivity contribution in [2.75, 3.05) is 0 Å². The van der Waals surface area contributed by atoms with Crippen molar-refractivity contribution in [1.29, 1.82) is 0 Å². The second-order valence-electron chi connectivity index (χ2n) is 4.29. The minimum atomic E-state index is -0.0877. The van der Waals surface area contributed by atoms with E-state index in [-0.39, 0.29) is 11.7 Å². The Bertz CT molecular complexity index is 603. The van der Waals surface area contributed by atoms with Gasteiger partial charge in [0, 0.05) is 28.0 Å². The highest BCUT2D eigenvalue weighted by Crippen LogP contribution is 2.44. The monoisotopic (exact) mass is 259 g/mol. The fourth-order valence-corrected chi connectivity index (χ4v) is 3.20. The molecule has 0 fully saturated rings. The lowest BCUT2D eigenvalue weighted by Gasteiger charge is -2.31. The van der Waals surface area contributed by atoms with Crippen molar-refractivity contribution in [2.24, 2.45) is 0 Å². The molecule has 1 aromatic carbocycles. The molecule has 0 saturated heterocycles. The van der Waals surface area contributed by atoms with Gasteiger partial charge in [-0.25, -0.2) is 0 Å². The zero-order chi connectivity index (χ0) is 12.5. The van der Waals surface area contributed by atoms with Gasteiger partial charge < -0.3 is 9.72 Å². The van der Waals surface area contributed by atoms with Crippen LogP contribution in [0.5, 0.6) is 5.75 Å². The fraction of sp³-hybridized carbons (Fsp3) is 0.214. The van der Waals surface area contributed by atoms with Gasteiger partial charge >= 0.3 is 0 Å². The van der Waals surface area contributed by atoms with Gasteiger partial charge in [0.1, 0.15) is 11.9 Å². The number of thioether (sulfide) groups is 1. The molecule has 92 valence electrons. The van der Waals surface area contributed by atoms with Gasteiger partial charge in [-0.05, 0) is 25.1 Å². The smallest absolute Gasteiger partial charge is 0.247 e. The summed E-state index contributed by atoms with van der Waals surface area (Å²) in [4.78, 5) is 15.0. The van der Waals surface area contributed by atoms with E-state index in [1.807, 2.05) is 24.3 Å². The molecule has 2 atom stereocenters. The molecule has 1 aromatic heterocycles. The number of benzene rings is 1. The van der Waals surface area contributed by atoms with Crippen LogP contribution in [0.4, 0.5) is 0 Å². The summed E-state index contributed by atoms with van der Waals surface area (Å²) >= 11 is 1.80. The van der Waals surface area contributed by atoms with Crippen LogP contribution in [-0.2, 0) is 0 Å². The molecular formula is C14H13NO2S. The third-order valence-corrected chi connectivity index (χ3v) is 4.19. The molecule has 0 spiro atoms. The van der Waals surface area contributed by atoms with E-state index in [0.29, 0.717) is 5.25 Å². The summed E-state index contributed by atoms with van der Waals surface area (Å²) in [6.07, 6.45) is 1.71. The number of para-hydroxylation sites is 1. The number of ether oxygens (including phenoxy) is 1. The lowest BCUT2D eigenvalue weighted by molar-refractivity contribution is 0.195. The molecule has 0 amide bonds. The van der Waals surface area contributed by atoms with Crippen molar-refractivity contribution in [3.63, 3.8) is 0 Å². The lowest BCUT2D eigenvalue weighted by atomic mass is 10.1. The highest BCUT2D eigenvalue weighted by atomic mass is 32.2. The van der Waals surface area contributed by atoms with E-state index < -0.39 is 0 Å². The van der Waals surface area contributed by atoms with Crippen LogP contribution < -0.4 is 10.3 Å². The lowest BCUT2D eigenvalue weighted by Crippen LogP contribution is -2.23. The van der Waals surface area contributed by atoms with Crippen molar-refractivity contribution in [3.8, 4) is 5.75 Å². The first-order valence-corrected chi connectivity index (χ1v) is 6.73. The van der Waals surface area contributed by atoms with Gasteiger partial charge in [-0.1, -0.05) is 12.1 Å². The molecule has 1 aliphatic heterocycles. The summed E-state index contributed by atoms with van der Waals surface area (Å²) in [6, 6.07) is 11.4. The summed E-state index contributed by atoms with van der Waals surface area (Å²) in [5.74, 6) is 0.914. The molecule has 2 heterocycles. The Morgan fingerprint density at radius 2 is 2.06 bits per heavy atom. The predicted octanol–water partition coefficient (Wildman–Crippen LogP) is 2.99. The molecular weight excluding hydrogens is 246 g/mol. The molecule has 0 bridgehead atoms. The normalized spacial score (nSPS) is 22.1. The van der Waals surface area contributed by atoms with E-state index in [4.69, 9.17) is 4.74 Å². The van der Waals surface area contributed by atoms with E-state index in [9.17, 15) is 4.79 Å². The van der Waals surface area contributed by atoms with Crippen molar-refractivity contribution in [3.05, 3.63) is 58.5 Å². The first-order chi connectivity index (χ1) is 8.74. The van der Waals surface area contributed by atoms with E-state index in [2.05, 4.69) is 18.0 Å². The maximum atomic E-state index is 11.1. The summed E-state index contributed by atoms with van der Waals surface area (Å²) in [7, 11) is 0. The fourth-order valence-electron chi connectivity index (χ4n) is 2.08. The summed E-state index contributed by atoms with van der Waals surface area (Å²) in [5, 5.41) is 0.311. The summed E-state index contributed by atoms with van der Waals surface area (Å²) in [6.45, 7) is 2.14. The van der Waals surface area contributed by atoms with Crippen LogP contribution in [0.2, 0.25) is 0 Å². The standard InChI is InChI=1S/C14H13NO2S/c1-9-14(10-6-7-13(16)15-8-10)17-11-4-2-3-5-12(11)18-9/h2-9,14H,1H3,(H,15,16). The minimum absolute atomic E-state index is 0.0262. The quantitative estimate of drug-likeness (QED) is 0.856. The first kappa shape index (κ1) is 11.4. The van der Waals surface area contributed by atoms with Crippen LogP contribution >= 0.6 is 11.8 Å². The molecule has 18 heavy (non-hydrogen) atoms. The summed E-state index contributed by atoms with van der Waals surface area (Å²) in [5.41, 5.74) is 0.916. The van der Waals surface area contributed by atoms with Crippen molar-refractivity contribution in [1.82, 2.24) is 4.98 Å². The van der Waals surface area contributed by atoms with Crippen LogP contribution in [0, 0.1) is 0 Å². The number of fused-ring (bicyclic) bond motifs is 1. The number of nitrogens with one attached hydrogen (secondary N) is 1. The predicted molar refractivity (Wildman–Crippen MR) is 72.2 cm³/mol. The van der Waals surface area contributed by atoms with Gasteiger partial charge in [0.05, 0.1) is 0 Å². The van der Waals surface area contributed by atoms with Gasteiger partial charge in [-0.15, -0.1) is 11.8 Å². The Kier molecular flexibility index (Phi) is 2.88. The number of aromatic amines is 1. The van der Waals surface area contributed by atoms with Gasteiger partial charge in [0.2, 0.25) is 5.56 Å². The van der Waals surface area contributed by atoms with Gasteiger partial charge in [0.15, 0.2) is 0 Å². The molecule has 2 aromatic rings. The second-order valence-corrected chi connectivity index (χ2v) is 5.71. The number of hydrogen-bond acceptors (Lipinski definition) is 3. The molecule has 0 saturated carbocycles. The maximum Gasteiger partial charge on any atom is 0.247 e. The first-order valence-electron chi connectivity index (χ1n) is 5.85. The Morgan fingerprint density at radius 1 is 1.22 bits per heavy atom. The number of rotatable bonds is 1. The number of H-pyrrole nitrogens is 1. The largest absolute Gasteiger partial charge is 0.483 e. The number of pyridine rings is 1. The minimum Gasteiger partial charge on any atom is -0.483 e. The van der Waals surface area contributed by atoms with Crippen LogP contribution in [0.25, 0.3) is 0 Å². The molecule has 1 N–H and O–H groups in total. The molecule has 1 aliphatic rings. The number of hydrogen-bond donors (Lipinski definition) is 1. The SMILES string of the molecule is CC1Sc2ccccc2OC1c1ccc(=O)[nH]c1. The Balaban J connectivity index is 1.95. The average Bonchev–Trinajstić information content (AvgIpc) is 2.39. The van der Waals surface area contributed by atoms with E-state index in [0.717, 1.165) is 11.3 Å². The second kappa shape index (κ2) is 4.53. The zero-order valence-corrected chi connectivity index (χ0v) is 10.7. The Labute approximate surface area is 109 Å². The topological polar surface area (TPSA) is 42.1 Å². The van der Waals surface area contributed by atoms with Gasteiger partial charge in [0.25, 0.3) is 0 Å². The molecule has 2 unspecified atom stereocenters. The van der Waals surface area contributed by atoms with Gasteiger partial charge in [-0.2, -0.15) is 0 Å². The summed E-state index contributed by atoms with van der Waals surface area (Å²) < 4.78 is 6.03. The average molecular weight is 259 g/mol. The Hall–Kier alpha value is -1.68. The molecule has 3 nitrogen and oxygen atoms in total. The molecule has 3 rings (SSSR count). The molecule has 4 heteroatoms. The third-order valence-electron chi connectivity index (χ3n) is 2.98. The van der Waals surface area contributed by atoms with Crippen LogP contribution in [0.15, 0.2) is 52.3 Å². The maximum absolute atomic E-state index is 11.1. The van der Waals surface area contributed by atoms with Crippen molar-refractivity contribution < 1.29 is 4.74 Å². The molecule has 0 aliphatic carbocycles. The van der Waals surface area contributed by atoms with Crippen molar-refractivity contribution >= 4 is 11.8 Å².